The number of halogens is 1. The third-order valence-electron chi connectivity index (χ3n) is 4.01. The van der Waals surface area contributed by atoms with Gasteiger partial charge in [0.25, 0.3) is 0 Å². The van der Waals surface area contributed by atoms with Crippen molar-refractivity contribution in [2.24, 2.45) is 0 Å². The van der Waals surface area contributed by atoms with Gasteiger partial charge in [0.15, 0.2) is 0 Å². The van der Waals surface area contributed by atoms with E-state index in [4.69, 9.17) is 11.6 Å². The second kappa shape index (κ2) is 5.62. The molecular weight excluding hydrogens is 274 g/mol. The molecule has 1 aromatic rings. The first-order chi connectivity index (χ1) is 9.66. The largest absolute Gasteiger partial charge is 0.357 e. The Balaban J connectivity index is 1.87. The minimum absolute atomic E-state index is 0.0669. The van der Waals surface area contributed by atoms with Crippen molar-refractivity contribution in [3.63, 3.8) is 0 Å². The van der Waals surface area contributed by atoms with Crippen LogP contribution in [0.3, 0.4) is 0 Å². The Bertz CT molecular complexity index is 516. The highest BCUT2D eigenvalue weighted by Crippen LogP contribution is 2.32. The Labute approximate surface area is 124 Å². The molecule has 1 amide bonds. The summed E-state index contributed by atoms with van der Waals surface area (Å²) in [6.07, 6.45) is 2.52. The van der Waals surface area contributed by atoms with Crippen LogP contribution in [0.15, 0.2) is 18.2 Å². The van der Waals surface area contributed by atoms with Gasteiger partial charge >= 0.3 is 0 Å². The summed E-state index contributed by atoms with van der Waals surface area (Å²) < 4.78 is 0. The van der Waals surface area contributed by atoms with Crippen LogP contribution in [-0.2, 0) is 11.3 Å². The highest BCUT2D eigenvalue weighted by Gasteiger charge is 2.29. The van der Waals surface area contributed by atoms with E-state index in [1.54, 1.807) is 0 Å². The molecule has 1 atom stereocenters. The number of anilines is 1. The monoisotopic (exact) mass is 293 g/mol. The quantitative estimate of drug-likeness (QED) is 0.891. The smallest absolute Gasteiger partial charge is 0.242 e. The van der Waals surface area contributed by atoms with Crippen LogP contribution in [-0.4, -0.2) is 31.1 Å². The van der Waals surface area contributed by atoms with Crippen molar-refractivity contribution in [2.75, 3.05) is 18.0 Å². The zero-order chi connectivity index (χ0) is 14.1. The maximum atomic E-state index is 11.9. The van der Waals surface area contributed by atoms with E-state index in [2.05, 4.69) is 21.6 Å². The zero-order valence-electron chi connectivity index (χ0n) is 11.7. The SMILES string of the molecule is CC1C(=O)NCCN1c1c(Cl)cccc1CNC1CC1. The van der Waals surface area contributed by atoms with Gasteiger partial charge in [-0.1, -0.05) is 23.7 Å². The van der Waals surface area contributed by atoms with Crippen molar-refractivity contribution in [2.45, 2.75) is 38.4 Å². The summed E-state index contributed by atoms with van der Waals surface area (Å²) in [5.41, 5.74) is 2.18. The maximum Gasteiger partial charge on any atom is 0.242 e. The number of hydrogen-bond donors (Lipinski definition) is 2. The van der Waals surface area contributed by atoms with Gasteiger partial charge in [0.2, 0.25) is 5.91 Å². The molecule has 1 aromatic carbocycles. The standard InChI is InChI=1S/C15H20ClN3O/c1-10-15(20)17-7-8-19(10)14-11(3-2-4-13(14)16)9-18-12-5-6-12/h2-4,10,12,18H,5-9H2,1H3,(H,17,20). The van der Waals surface area contributed by atoms with Crippen molar-refractivity contribution in [3.8, 4) is 0 Å². The van der Waals surface area contributed by atoms with Crippen LogP contribution in [0.5, 0.6) is 0 Å². The molecule has 1 unspecified atom stereocenters. The second-order valence-electron chi connectivity index (χ2n) is 5.56. The van der Waals surface area contributed by atoms with E-state index in [1.165, 1.54) is 18.4 Å². The van der Waals surface area contributed by atoms with Crippen LogP contribution in [0.2, 0.25) is 5.02 Å². The van der Waals surface area contributed by atoms with Gasteiger partial charge in [-0.25, -0.2) is 0 Å². The van der Waals surface area contributed by atoms with E-state index in [1.807, 2.05) is 19.1 Å². The summed E-state index contributed by atoms with van der Waals surface area (Å²) in [7, 11) is 0. The van der Waals surface area contributed by atoms with E-state index in [0.29, 0.717) is 12.6 Å². The van der Waals surface area contributed by atoms with Crippen molar-refractivity contribution in [3.05, 3.63) is 28.8 Å². The average molecular weight is 294 g/mol. The molecule has 1 heterocycles. The number of para-hydroxylation sites is 1. The molecule has 4 nitrogen and oxygen atoms in total. The number of nitrogens with zero attached hydrogens (tertiary/aromatic N) is 1. The number of rotatable bonds is 4. The number of nitrogens with one attached hydrogen (secondary N) is 2. The van der Waals surface area contributed by atoms with E-state index in [-0.39, 0.29) is 11.9 Å². The van der Waals surface area contributed by atoms with Gasteiger partial charge in [0.05, 0.1) is 10.7 Å². The first kappa shape index (κ1) is 13.7. The average Bonchev–Trinajstić information content (AvgIpc) is 3.24. The molecule has 1 saturated carbocycles. The fourth-order valence-corrected chi connectivity index (χ4v) is 2.96. The van der Waals surface area contributed by atoms with Crippen LogP contribution >= 0.6 is 11.6 Å². The lowest BCUT2D eigenvalue weighted by Crippen LogP contribution is -2.54. The predicted molar refractivity (Wildman–Crippen MR) is 81.1 cm³/mol. The van der Waals surface area contributed by atoms with Crippen LogP contribution in [0.25, 0.3) is 0 Å². The third kappa shape index (κ3) is 2.76. The summed E-state index contributed by atoms with van der Waals surface area (Å²) in [6, 6.07) is 6.45. The lowest BCUT2D eigenvalue weighted by molar-refractivity contribution is -0.122. The van der Waals surface area contributed by atoms with E-state index in [9.17, 15) is 4.79 Å². The first-order valence-electron chi connectivity index (χ1n) is 7.22. The minimum atomic E-state index is -0.177. The molecule has 2 aliphatic rings. The Morgan fingerprint density at radius 3 is 3.00 bits per heavy atom. The van der Waals surface area contributed by atoms with Gasteiger partial charge in [0, 0.05) is 25.7 Å². The van der Waals surface area contributed by atoms with E-state index in [0.717, 1.165) is 23.8 Å². The second-order valence-corrected chi connectivity index (χ2v) is 5.97. The molecule has 108 valence electrons. The molecular formula is C15H20ClN3O. The van der Waals surface area contributed by atoms with Gasteiger partial charge in [-0.2, -0.15) is 0 Å². The molecule has 0 radical (unpaired) electrons. The molecule has 0 aromatic heterocycles. The normalized spacial score (nSPS) is 22.8. The van der Waals surface area contributed by atoms with Gasteiger partial charge in [0.1, 0.15) is 6.04 Å². The van der Waals surface area contributed by atoms with Crippen LogP contribution in [0.4, 0.5) is 5.69 Å². The zero-order valence-corrected chi connectivity index (χ0v) is 12.4. The molecule has 1 saturated heterocycles. The van der Waals surface area contributed by atoms with Gasteiger partial charge in [-0.05, 0) is 31.4 Å². The molecule has 20 heavy (non-hydrogen) atoms. The van der Waals surface area contributed by atoms with Crippen molar-refractivity contribution in [1.82, 2.24) is 10.6 Å². The first-order valence-corrected chi connectivity index (χ1v) is 7.59. The lowest BCUT2D eigenvalue weighted by Gasteiger charge is -2.36. The molecule has 2 fully saturated rings. The van der Waals surface area contributed by atoms with Crippen molar-refractivity contribution < 1.29 is 4.79 Å². The Hall–Kier alpha value is -1.26. The van der Waals surface area contributed by atoms with Gasteiger partial charge in [-0.3, -0.25) is 4.79 Å². The number of hydrogen-bond acceptors (Lipinski definition) is 3. The fraction of sp³-hybridized carbons (Fsp3) is 0.533. The predicted octanol–water partition coefficient (Wildman–Crippen LogP) is 1.92. The fourth-order valence-electron chi connectivity index (χ4n) is 2.65. The van der Waals surface area contributed by atoms with Crippen molar-refractivity contribution >= 4 is 23.2 Å². The van der Waals surface area contributed by atoms with Crippen molar-refractivity contribution in [1.29, 1.82) is 0 Å². The summed E-state index contributed by atoms with van der Waals surface area (Å²) in [5.74, 6) is 0.0669. The van der Waals surface area contributed by atoms with Crippen LogP contribution in [0, 0.1) is 0 Å². The number of carbonyl (C=O) groups is 1. The molecule has 1 aliphatic carbocycles. The summed E-state index contributed by atoms with van der Waals surface area (Å²) in [6.45, 7) is 4.21. The molecule has 0 bridgehead atoms. The molecule has 1 aliphatic heterocycles. The summed E-state index contributed by atoms with van der Waals surface area (Å²) >= 11 is 6.41. The number of benzene rings is 1. The van der Waals surface area contributed by atoms with E-state index < -0.39 is 0 Å². The minimum Gasteiger partial charge on any atom is -0.357 e. The number of piperazine rings is 1. The van der Waals surface area contributed by atoms with E-state index >= 15 is 0 Å². The number of amides is 1. The summed E-state index contributed by atoms with van der Waals surface area (Å²) in [5, 5.41) is 7.13. The Morgan fingerprint density at radius 2 is 2.25 bits per heavy atom. The molecule has 3 rings (SSSR count). The number of carbonyl (C=O) groups excluding carboxylic acids is 1. The Kier molecular flexibility index (Phi) is 3.85. The summed E-state index contributed by atoms with van der Waals surface area (Å²) in [4.78, 5) is 14.0. The molecule has 2 N–H and O–H groups in total. The van der Waals surface area contributed by atoms with Crippen LogP contribution in [0.1, 0.15) is 25.3 Å². The topological polar surface area (TPSA) is 44.4 Å². The maximum absolute atomic E-state index is 11.9. The van der Waals surface area contributed by atoms with Crippen LogP contribution < -0.4 is 15.5 Å². The third-order valence-corrected chi connectivity index (χ3v) is 4.32. The van der Waals surface area contributed by atoms with Gasteiger partial charge < -0.3 is 15.5 Å². The highest BCUT2D eigenvalue weighted by atomic mass is 35.5. The highest BCUT2D eigenvalue weighted by molar-refractivity contribution is 6.33. The van der Waals surface area contributed by atoms with Gasteiger partial charge in [-0.15, -0.1) is 0 Å². The lowest BCUT2D eigenvalue weighted by atomic mass is 10.1. The molecule has 0 spiro atoms. The molecule has 5 heteroatoms. The Morgan fingerprint density at radius 1 is 1.45 bits per heavy atom.